The molecule has 0 N–H and O–H groups in total. The highest BCUT2D eigenvalue weighted by Gasteiger charge is 2.27. The van der Waals surface area contributed by atoms with Crippen LogP contribution in [0.4, 0.5) is 0 Å². The monoisotopic (exact) mass is 392 g/mol. The molecule has 0 aliphatic carbocycles. The van der Waals surface area contributed by atoms with Crippen molar-refractivity contribution in [3.8, 4) is 11.5 Å². The highest BCUT2D eigenvalue weighted by molar-refractivity contribution is 5.80. The fourth-order valence-electron chi connectivity index (χ4n) is 3.60. The Kier molecular flexibility index (Phi) is 5.57. The zero-order valence-electron chi connectivity index (χ0n) is 16.4. The molecule has 0 spiro atoms. The molecule has 1 amide bonds. The lowest BCUT2D eigenvalue weighted by Gasteiger charge is -2.36. The summed E-state index contributed by atoms with van der Waals surface area (Å²) in [5.41, 5.74) is 1.50. The smallest absolute Gasteiger partial charge is 0.267 e. The van der Waals surface area contributed by atoms with Gasteiger partial charge in [0.25, 0.3) is 5.56 Å². The molecular formula is C22H24N4O3. The van der Waals surface area contributed by atoms with E-state index in [9.17, 15) is 9.59 Å². The first-order valence-electron chi connectivity index (χ1n) is 9.80. The second-order valence-corrected chi connectivity index (χ2v) is 7.24. The Labute approximate surface area is 169 Å². The number of piperazine rings is 1. The molecule has 1 saturated heterocycles. The lowest BCUT2D eigenvalue weighted by Crippen LogP contribution is -2.50. The summed E-state index contributed by atoms with van der Waals surface area (Å²) in [7, 11) is 0. The Morgan fingerprint density at radius 2 is 1.79 bits per heavy atom. The minimum Gasteiger partial charge on any atom is -0.463 e. The molecule has 0 bridgehead atoms. The molecule has 1 atom stereocenters. The van der Waals surface area contributed by atoms with Gasteiger partial charge < -0.3 is 9.32 Å². The quantitative estimate of drug-likeness (QED) is 0.667. The summed E-state index contributed by atoms with van der Waals surface area (Å²) in [6.07, 6.45) is 1.55. The number of carbonyl (C=O) groups is 1. The second-order valence-electron chi connectivity index (χ2n) is 7.24. The van der Waals surface area contributed by atoms with Crippen molar-refractivity contribution in [3.63, 3.8) is 0 Å². The van der Waals surface area contributed by atoms with Gasteiger partial charge in [0.15, 0.2) is 5.76 Å². The SMILES string of the molecule is CC(C(=O)N1CCN(Cc2ccccc2)CC1)n1nc(-c2ccco2)ccc1=O. The Morgan fingerprint density at radius 1 is 1.03 bits per heavy atom. The van der Waals surface area contributed by atoms with Crippen molar-refractivity contribution >= 4 is 5.91 Å². The van der Waals surface area contributed by atoms with Crippen LogP contribution in [0, 0.1) is 0 Å². The molecule has 0 saturated carbocycles. The van der Waals surface area contributed by atoms with Gasteiger partial charge in [-0.1, -0.05) is 30.3 Å². The predicted molar refractivity (Wildman–Crippen MR) is 109 cm³/mol. The first-order chi connectivity index (χ1) is 14.1. The first-order valence-corrected chi connectivity index (χ1v) is 9.80. The van der Waals surface area contributed by atoms with Crippen LogP contribution in [0.3, 0.4) is 0 Å². The molecule has 0 radical (unpaired) electrons. The summed E-state index contributed by atoms with van der Waals surface area (Å²) >= 11 is 0. The third kappa shape index (κ3) is 4.30. The third-order valence-corrected chi connectivity index (χ3v) is 5.26. The number of furan rings is 1. The summed E-state index contributed by atoms with van der Waals surface area (Å²) in [5.74, 6) is 0.475. The van der Waals surface area contributed by atoms with E-state index in [0.717, 1.165) is 19.6 Å². The average molecular weight is 392 g/mol. The van der Waals surface area contributed by atoms with Crippen LogP contribution >= 0.6 is 0 Å². The maximum Gasteiger partial charge on any atom is 0.267 e. The van der Waals surface area contributed by atoms with E-state index in [4.69, 9.17) is 4.42 Å². The van der Waals surface area contributed by atoms with Crippen LogP contribution in [0.1, 0.15) is 18.5 Å². The Bertz CT molecular complexity index is 1010. The number of benzene rings is 1. The standard InChI is InChI=1S/C22H24N4O3/c1-17(26-21(27)10-9-19(23-26)20-8-5-15-29-20)22(28)25-13-11-24(12-14-25)16-18-6-3-2-4-7-18/h2-10,15,17H,11-14,16H2,1H3. The molecule has 1 fully saturated rings. The van der Waals surface area contributed by atoms with Gasteiger partial charge in [0.05, 0.1) is 6.26 Å². The highest BCUT2D eigenvalue weighted by Crippen LogP contribution is 2.17. The molecule has 3 aromatic rings. The molecule has 4 rings (SSSR count). The Balaban J connectivity index is 1.41. The molecule has 1 aliphatic rings. The number of hydrogen-bond acceptors (Lipinski definition) is 5. The summed E-state index contributed by atoms with van der Waals surface area (Å²) in [4.78, 5) is 29.5. The van der Waals surface area contributed by atoms with Crippen molar-refractivity contribution in [2.45, 2.75) is 19.5 Å². The van der Waals surface area contributed by atoms with E-state index in [-0.39, 0.29) is 11.5 Å². The van der Waals surface area contributed by atoms with Crippen molar-refractivity contribution < 1.29 is 9.21 Å². The summed E-state index contributed by atoms with van der Waals surface area (Å²) in [6.45, 7) is 5.50. The van der Waals surface area contributed by atoms with Gasteiger partial charge >= 0.3 is 0 Å². The van der Waals surface area contributed by atoms with E-state index in [1.807, 2.05) is 23.1 Å². The van der Waals surface area contributed by atoms with Crippen molar-refractivity contribution in [2.24, 2.45) is 0 Å². The minimum absolute atomic E-state index is 0.0874. The number of aromatic nitrogens is 2. The zero-order valence-corrected chi connectivity index (χ0v) is 16.4. The number of carbonyl (C=O) groups excluding carboxylic acids is 1. The van der Waals surface area contributed by atoms with Gasteiger partial charge in [-0.25, -0.2) is 4.68 Å². The van der Waals surface area contributed by atoms with Crippen LogP contribution in [-0.4, -0.2) is 51.7 Å². The van der Waals surface area contributed by atoms with E-state index < -0.39 is 6.04 Å². The lowest BCUT2D eigenvalue weighted by atomic mass is 10.2. The first kappa shape index (κ1) is 19.1. The zero-order chi connectivity index (χ0) is 20.2. The van der Waals surface area contributed by atoms with Crippen molar-refractivity contribution in [2.75, 3.05) is 26.2 Å². The number of amides is 1. The fraction of sp³-hybridized carbons (Fsp3) is 0.318. The summed E-state index contributed by atoms with van der Waals surface area (Å²) in [6, 6.07) is 16.2. The largest absolute Gasteiger partial charge is 0.463 e. The van der Waals surface area contributed by atoms with Crippen LogP contribution in [0.5, 0.6) is 0 Å². The summed E-state index contributed by atoms with van der Waals surface area (Å²) in [5, 5.41) is 4.35. The molecule has 1 unspecified atom stereocenters. The van der Waals surface area contributed by atoms with Crippen LogP contribution in [0.25, 0.3) is 11.5 Å². The maximum atomic E-state index is 13.0. The van der Waals surface area contributed by atoms with Crippen LogP contribution in [-0.2, 0) is 11.3 Å². The maximum absolute atomic E-state index is 13.0. The second kappa shape index (κ2) is 8.45. The van der Waals surface area contributed by atoms with Gasteiger partial charge in [0, 0.05) is 38.8 Å². The lowest BCUT2D eigenvalue weighted by molar-refractivity contribution is -0.136. The molecule has 7 heteroatoms. The average Bonchev–Trinajstić information content (AvgIpc) is 3.29. The molecule has 29 heavy (non-hydrogen) atoms. The van der Waals surface area contributed by atoms with Gasteiger partial charge in [-0.15, -0.1) is 0 Å². The van der Waals surface area contributed by atoms with Gasteiger partial charge in [0.2, 0.25) is 5.91 Å². The number of nitrogens with zero attached hydrogens (tertiary/aromatic N) is 4. The van der Waals surface area contributed by atoms with Gasteiger partial charge in [-0.2, -0.15) is 5.10 Å². The number of hydrogen-bond donors (Lipinski definition) is 0. The van der Waals surface area contributed by atoms with E-state index in [0.29, 0.717) is 24.5 Å². The van der Waals surface area contributed by atoms with Gasteiger partial charge in [0.1, 0.15) is 11.7 Å². The van der Waals surface area contributed by atoms with Crippen molar-refractivity contribution in [1.29, 1.82) is 0 Å². The Hall–Kier alpha value is -3.19. The minimum atomic E-state index is -0.668. The van der Waals surface area contributed by atoms with Crippen molar-refractivity contribution in [1.82, 2.24) is 19.6 Å². The normalized spacial score (nSPS) is 16.0. The molecule has 150 valence electrons. The van der Waals surface area contributed by atoms with E-state index in [1.165, 1.54) is 16.3 Å². The third-order valence-electron chi connectivity index (χ3n) is 5.26. The fourth-order valence-corrected chi connectivity index (χ4v) is 3.60. The molecule has 7 nitrogen and oxygen atoms in total. The van der Waals surface area contributed by atoms with E-state index in [2.05, 4.69) is 22.1 Å². The van der Waals surface area contributed by atoms with Crippen LogP contribution in [0.15, 0.2) is 70.1 Å². The molecule has 3 heterocycles. The van der Waals surface area contributed by atoms with E-state index in [1.54, 1.807) is 31.4 Å². The van der Waals surface area contributed by atoms with Crippen LogP contribution < -0.4 is 5.56 Å². The highest BCUT2D eigenvalue weighted by atomic mass is 16.3. The topological polar surface area (TPSA) is 71.6 Å². The van der Waals surface area contributed by atoms with Crippen molar-refractivity contribution in [3.05, 3.63) is 76.8 Å². The molecule has 1 aliphatic heterocycles. The predicted octanol–water partition coefficient (Wildman–Crippen LogP) is 2.41. The van der Waals surface area contributed by atoms with Gasteiger partial charge in [-0.05, 0) is 30.7 Å². The molecule has 2 aromatic heterocycles. The summed E-state index contributed by atoms with van der Waals surface area (Å²) < 4.78 is 6.60. The van der Waals surface area contributed by atoms with Crippen LogP contribution in [0.2, 0.25) is 0 Å². The van der Waals surface area contributed by atoms with E-state index >= 15 is 0 Å². The molecular weight excluding hydrogens is 368 g/mol. The van der Waals surface area contributed by atoms with Gasteiger partial charge in [-0.3, -0.25) is 14.5 Å². The molecule has 1 aromatic carbocycles. The Morgan fingerprint density at radius 3 is 2.48 bits per heavy atom. The number of rotatable bonds is 5.